The standard InChI is InChI=1S/C19H20F2N2O5S/c1-12(23(29(2,25)26)13-7-8-15(20)16(21)9-13)19(24)22-10-14-11-27-17-5-3-4-6-18(17)28-14/h3-9,12,14H,10-11H2,1-2H3,(H,22,24)/t12-,14+/m0/s1. The molecular weight excluding hydrogens is 406 g/mol. The van der Waals surface area contributed by atoms with Gasteiger partial charge in [0.1, 0.15) is 18.8 Å². The molecule has 1 aliphatic heterocycles. The molecule has 156 valence electrons. The summed E-state index contributed by atoms with van der Waals surface area (Å²) >= 11 is 0. The number of para-hydroxylation sites is 2. The number of carbonyl (C=O) groups excluding carboxylic acids is 1. The van der Waals surface area contributed by atoms with Crippen LogP contribution in [0, 0.1) is 11.6 Å². The van der Waals surface area contributed by atoms with Crippen molar-refractivity contribution in [2.45, 2.75) is 19.1 Å². The first kappa shape index (κ1) is 20.8. The van der Waals surface area contributed by atoms with Crippen LogP contribution < -0.4 is 19.1 Å². The molecule has 0 fully saturated rings. The van der Waals surface area contributed by atoms with Gasteiger partial charge in [0.05, 0.1) is 18.5 Å². The second-order valence-corrected chi connectivity index (χ2v) is 8.44. The third-order valence-electron chi connectivity index (χ3n) is 4.32. The summed E-state index contributed by atoms with van der Waals surface area (Å²) in [5.74, 6) is -1.80. The van der Waals surface area contributed by atoms with E-state index in [9.17, 15) is 22.0 Å². The summed E-state index contributed by atoms with van der Waals surface area (Å²) in [6.07, 6.45) is 0.420. The molecule has 1 heterocycles. The number of sulfonamides is 1. The number of ether oxygens (including phenoxy) is 2. The fourth-order valence-corrected chi connectivity index (χ4v) is 4.12. The van der Waals surface area contributed by atoms with E-state index in [-0.39, 0.29) is 18.8 Å². The Morgan fingerprint density at radius 2 is 1.90 bits per heavy atom. The van der Waals surface area contributed by atoms with Crippen LogP contribution in [0.3, 0.4) is 0 Å². The molecule has 0 radical (unpaired) electrons. The molecule has 1 amide bonds. The highest BCUT2D eigenvalue weighted by Crippen LogP contribution is 2.30. The summed E-state index contributed by atoms with van der Waals surface area (Å²) in [5, 5.41) is 2.61. The Kier molecular flexibility index (Phi) is 5.92. The van der Waals surface area contributed by atoms with Crippen molar-refractivity contribution in [1.29, 1.82) is 0 Å². The number of rotatable bonds is 6. The minimum absolute atomic E-state index is 0.0763. The second-order valence-electron chi connectivity index (χ2n) is 6.58. The van der Waals surface area contributed by atoms with Crippen molar-refractivity contribution in [1.82, 2.24) is 5.32 Å². The Balaban J connectivity index is 1.69. The Morgan fingerprint density at radius 1 is 1.21 bits per heavy atom. The Hall–Kier alpha value is -2.88. The Labute approximate surface area is 167 Å². The molecule has 29 heavy (non-hydrogen) atoms. The van der Waals surface area contributed by atoms with Crippen molar-refractivity contribution in [3.8, 4) is 11.5 Å². The van der Waals surface area contributed by atoms with Crippen molar-refractivity contribution >= 4 is 21.6 Å². The Bertz CT molecular complexity index is 1020. The summed E-state index contributed by atoms with van der Waals surface area (Å²) < 4.78 is 63.2. The molecular formula is C19H20F2N2O5S. The lowest BCUT2D eigenvalue weighted by Gasteiger charge is -2.30. The van der Waals surface area contributed by atoms with Crippen molar-refractivity contribution < 1.29 is 31.5 Å². The summed E-state index contributed by atoms with van der Waals surface area (Å²) in [7, 11) is -3.95. The number of nitrogens with one attached hydrogen (secondary N) is 1. The average Bonchev–Trinajstić information content (AvgIpc) is 2.67. The summed E-state index contributed by atoms with van der Waals surface area (Å²) in [6.45, 7) is 1.64. The molecule has 1 aliphatic rings. The van der Waals surface area contributed by atoms with E-state index in [4.69, 9.17) is 9.47 Å². The van der Waals surface area contributed by atoms with Crippen LogP contribution in [0.2, 0.25) is 0 Å². The number of nitrogens with zero attached hydrogens (tertiary/aromatic N) is 1. The second kappa shape index (κ2) is 8.24. The zero-order chi connectivity index (χ0) is 21.2. The van der Waals surface area contributed by atoms with E-state index in [0.717, 1.165) is 28.8 Å². The third kappa shape index (κ3) is 4.76. The smallest absolute Gasteiger partial charge is 0.243 e. The fourth-order valence-electron chi connectivity index (χ4n) is 2.96. The highest BCUT2D eigenvalue weighted by Gasteiger charge is 2.30. The van der Waals surface area contributed by atoms with Crippen molar-refractivity contribution in [3.63, 3.8) is 0 Å². The molecule has 0 aromatic heterocycles. The van der Waals surface area contributed by atoms with Gasteiger partial charge in [0.25, 0.3) is 0 Å². The van der Waals surface area contributed by atoms with Gasteiger partial charge in [0, 0.05) is 6.07 Å². The van der Waals surface area contributed by atoms with Gasteiger partial charge < -0.3 is 14.8 Å². The first-order valence-corrected chi connectivity index (χ1v) is 10.6. The van der Waals surface area contributed by atoms with Crippen LogP contribution in [0.5, 0.6) is 11.5 Å². The lowest BCUT2D eigenvalue weighted by Crippen LogP contribution is -2.50. The lowest BCUT2D eigenvalue weighted by atomic mass is 10.2. The number of amides is 1. The first-order chi connectivity index (χ1) is 13.7. The minimum Gasteiger partial charge on any atom is -0.486 e. The SMILES string of the molecule is C[C@@H](C(=O)NC[C@@H]1COc2ccccc2O1)N(c1ccc(F)c(F)c1)S(C)(=O)=O. The summed E-state index contributed by atoms with van der Waals surface area (Å²) in [4.78, 5) is 12.6. The molecule has 0 saturated heterocycles. The van der Waals surface area contributed by atoms with Crippen LogP contribution in [-0.4, -0.2) is 45.9 Å². The predicted molar refractivity (Wildman–Crippen MR) is 103 cm³/mol. The van der Waals surface area contributed by atoms with Gasteiger partial charge in [0.2, 0.25) is 15.9 Å². The van der Waals surface area contributed by atoms with Gasteiger partial charge in [-0.2, -0.15) is 0 Å². The number of hydrogen-bond acceptors (Lipinski definition) is 5. The van der Waals surface area contributed by atoms with Gasteiger partial charge in [-0.1, -0.05) is 12.1 Å². The van der Waals surface area contributed by atoms with Crippen LogP contribution in [0.15, 0.2) is 42.5 Å². The molecule has 0 unspecified atom stereocenters. The highest BCUT2D eigenvalue weighted by molar-refractivity contribution is 7.92. The van der Waals surface area contributed by atoms with Crippen molar-refractivity contribution in [2.75, 3.05) is 23.7 Å². The highest BCUT2D eigenvalue weighted by atomic mass is 32.2. The number of anilines is 1. The predicted octanol–water partition coefficient (Wildman–Crippen LogP) is 2.08. The monoisotopic (exact) mass is 426 g/mol. The molecule has 0 saturated carbocycles. The van der Waals surface area contributed by atoms with Gasteiger partial charge in [-0.05, 0) is 31.2 Å². The van der Waals surface area contributed by atoms with E-state index < -0.39 is 39.7 Å². The van der Waals surface area contributed by atoms with E-state index in [0.29, 0.717) is 11.5 Å². The van der Waals surface area contributed by atoms with Crippen LogP contribution >= 0.6 is 0 Å². The number of halogens is 2. The molecule has 1 N–H and O–H groups in total. The van der Waals surface area contributed by atoms with Crippen LogP contribution in [0.4, 0.5) is 14.5 Å². The quantitative estimate of drug-likeness (QED) is 0.765. The molecule has 7 nitrogen and oxygen atoms in total. The molecule has 2 aromatic carbocycles. The molecule has 2 atom stereocenters. The molecule has 2 aromatic rings. The maximum atomic E-state index is 13.6. The van der Waals surface area contributed by atoms with Gasteiger partial charge >= 0.3 is 0 Å². The van der Waals surface area contributed by atoms with E-state index in [1.807, 2.05) is 6.07 Å². The van der Waals surface area contributed by atoms with Gasteiger partial charge in [-0.25, -0.2) is 17.2 Å². The minimum atomic E-state index is -3.95. The van der Waals surface area contributed by atoms with Crippen molar-refractivity contribution in [2.24, 2.45) is 0 Å². The Morgan fingerprint density at radius 3 is 2.55 bits per heavy atom. The van der Waals surface area contributed by atoms with E-state index in [1.165, 1.54) is 6.92 Å². The molecule has 10 heteroatoms. The van der Waals surface area contributed by atoms with Gasteiger partial charge in [0.15, 0.2) is 23.1 Å². The first-order valence-electron chi connectivity index (χ1n) is 8.77. The van der Waals surface area contributed by atoms with Gasteiger partial charge in [-0.3, -0.25) is 9.10 Å². The fraction of sp³-hybridized carbons (Fsp3) is 0.316. The van der Waals surface area contributed by atoms with Gasteiger partial charge in [-0.15, -0.1) is 0 Å². The van der Waals surface area contributed by atoms with E-state index in [1.54, 1.807) is 18.2 Å². The van der Waals surface area contributed by atoms with Crippen molar-refractivity contribution in [3.05, 3.63) is 54.1 Å². The molecule has 0 spiro atoms. The maximum Gasteiger partial charge on any atom is 0.243 e. The largest absolute Gasteiger partial charge is 0.486 e. The number of hydrogen-bond donors (Lipinski definition) is 1. The topological polar surface area (TPSA) is 84.9 Å². The van der Waals surface area contributed by atoms with E-state index in [2.05, 4.69) is 5.32 Å². The number of fused-ring (bicyclic) bond motifs is 1. The zero-order valence-electron chi connectivity index (χ0n) is 15.8. The van der Waals surface area contributed by atoms with Crippen LogP contribution in [-0.2, 0) is 14.8 Å². The molecule has 3 rings (SSSR count). The lowest BCUT2D eigenvalue weighted by molar-refractivity contribution is -0.122. The van der Waals surface area contributed by atoms with Crippen LogP contribution in [0.1, 0.15) is 6.92 Å². The van der Waals surface area contributed by atoms with E-state index >= 15 is 0 Å². The summed E-state index contributed by atoms with van der Waals surface area (Å²) in [6, 6.07) is 8.53. The number of benzene rings is 2. The maximum absolute atomic E-state index is 13.6. The van der Waals surface area contributed by atoms with Crippen LogP contribution in [0.25, 0.3) is 0 Å². The molecule has 0 aliphatic carbocycles. The third-order valence-corrected chi connectivity index (χ3v) is 5.56. The summed E-state index contributed by atoms with van der Waals surface area (Å²) in [5.41, 5.74) is -0.153. The molecule has 0 bridgehead atoms. The zero-order valence-corrected chi connectivity index (χ0v) is 16.6. The number of carbonyl (C=O) groups is 1. The normalized spacial score (nSPS) is 16.8. The average molecular weight is 426 g/mol.